The van der Waals surface area contributed by atoms with Crippen LogP contribution in [0.25, 0.3) is 0 Å². The van der Waals surface area contributed by atoms with E-state index in [1.807, 2.05) is 31.2 Å². The Morgan fingerprint density at radius 3 is 2.55 bits per heavy atom. The number of rotatable bonds is 5. The summed E-state index contributed by atoms with van der Waals surface area (Å²) >= 11 is 0. The first-order valence-electron chi connectivity index (χ1n) is 6.41. The summed E-state index contributed by atoms with van der Waals surface area (Å²) in [6, 6.07) is 7.57. The molecule has 1 heterocycles. The van der Waals surface area contributed by atoms with Gasteiger partial charge in [0, 0.05) is 13.5 Å². The zero-order valence-electron chi connectivity index (χ0n) is 11.9. The number of hydrogen-bond donors (Lipinski definition) is 1. The maximum absolute atomic E-state index is 11.8. The van der Waals surface area contributed by atoms with E-state index in [1.165, 1.54) is 0 Å². The predicted octanol–water partition coefficient (Wildman–Crippen LogP) is 2.16. The summed E-state index contributed by atoms with van der Waals surface area (Å²) in [5.74, 6) is 1.92. The van der Waals surface area contributed by atoms with E-state index in [4.69, 9.17) is 9.15 Å². The molecule has 106 valence electrons. The highest BCUT2D eigenvalue weighted by Gasteiger charge is 2.11. The molecule has 0 spiro atoms. The number of benzene rings is 1. The minimum atomic E-state index is -0.0833. The lowest BCUT2D eigenvalue weighted by molar-refractivity contribution is -0.120. The lowest BCUT2D eigenvalue weighted by Crippen LogP contribution is -2.24. The van der Waals surface area contributed by atoms with Crippen LogP contribution in [0.4, 0.5) is 0 Å². The van der Waals surface area contributed by atoms with E-state index < -0.39 is 0 Å². The van der Waals surface area contributed by atoms with Gasteiger partial charge in [-0.05, 0) is 24.6 Å². The Kier molecular flexibility index (Phi) is 4.40. The molecule has 20 heavy (non-hydrogen) atoms. The number of oxazole rings is 1. The predicted molar refractivity (Wildman–Crippen MR) is 74.5 cm³/mol. The third-order valence-electron chi connectivity index (χ3n) is 2.97. The van der Waals surface area contributed by atoms with Gasteiger partial charge in [-0.3, -0.25) is 4.79 Å². The molecule has 1 aromatic carbocycles. The van der Waals surface area contributed by atoms with Crippen LogP contribution in [-0.4, -0.2) is 18.0 Å². The van der Waals surface area contributed by atoms with Crippen molar-refractivity contribution in [1.82, 2.24) is 10.3 Å². The van der Waals surface area contributed by atoms with Gasteiger partial charge in [-0.15, -0.1) is 0 Å². The van der Waals surface area contributed by atoms with Gasteiger partial charge in [0.1, 0.15) is 11.5 Å². The van der Waals surface area contributed by atoms with E-state index >= 15 is 0 Å². The fraction of sp³-hybridized carbons (Fsp3) is 0.333. The first-order chi connectivity index (χ1) is 9.58. The van der Waals surface area contributed by atoms with Crippen LogP contribution in [0.15, 0.2) is 28.7 Å². The summed E-state index contributed by atoms with van der Waals surface area (Å²) in [4.78, 5) is 16.0. The van der Waals surface area contributed by atoms with Crippen LogP contribution in [0, 0.1) is 13.8 Å². The summed E-state index contributed by atoms with van der Waals surface area (Å²) in [5.41, 5.74) is 1.78. The summed E-state index contributed by atoms with van der Waals surface area (Å²) in [5, 5.41) is 2.85. The number of nitrogens with one attached hydrogen (secondary N) is 1. The summed E-state index contributed by atoms with van der Waals surface area (Å²) in [6.45, 7) is 4.09. The highest BCUT2D eigenvalue weighted by Crippen LogP contribution is 2.12. The molecule has 1 amide bonds. The van der Waals surface area contributed by atoms with Crippen LogP contribution in [0.5, 0.6) is 5.75 Å². The van der Waals surface area contributed by atoms with E-state index in [0.717, 1.165) is 17.0 Å². The Morgan fingerprint density at radius 2 is 2.00 bits per heavy atom. The number of methoxy groups -OCH3 is 1. The maximum atomic E-state index is 11.8. The second-order valence-electron chi connectivity index (χ2n) is 4.54. The van der Waals surface area contributed by atoms with Crippen molar-refractivity contribution in [2.75, 3.05) is 7.11 Å². The fourth-order valence-electron chi connectivity index (χ4n) is 1.89. The van der Waals surface area contributed by atoms with Gasteiger partial charge in [-0.1, -0.05) is 12.1 Å². The van der Waals surface area contributed by atoms with Gasteiger partial charge < -0.3 is 14.5 Å². The molecule has 2 rings (SSSR count). The standard InChI is InChI=1S/C15H18N2O3/c1-10-14(20-11(2)17-10)8-15(18)16-9-12-4-6-13(19-3)7-5-12/h4-7H,8-9H2,1-3H3,(H,16,18). The molecule has 0 fully saturated rings. The van der Waals surface area contributed by atoms with Gasteiger partial charge in [-0.2, -0.15) is 0 Å². The van der Waals surface area contributed by atoms with Crippen LogP contribution in [0.2, 0.25) is 0 Å². The third kappa shape index (κ3) is 3.60. The third-order valence-corrected chi connectivity index (χ3v) is 2.97. The molecule has 0 aliphatic carbocycles. The molecule has 1 N–H and O–H groups in total. The first kappa shape index (κ1) is 14.1. The number of nitrogens with zero attached hydrogens (tertiary/aromatic N) is 1. The Balaban J connectivity index is 1.87. The molecular formula is C15H18N2O3. The molecular weight excluding hydrogens is 256 g/mol. The second-order valence-corrected chi connectivity index (χ2v) is 4.54. The fourth-order valence-corrected chi connectivity index (χ4v) is 1.89. The average molecular weight is 274 g/mol. The van der Waals surface area contributed by atoms with Crippen LogP contribution in [-0.2, 0) is 17.8 Å². The molecule has 0 saturated heterocycles. The molecule has 0 saturated carbocycles. The van der Waals surface area contributed by atoms with Crippen LogP contribution in [0.1, 0.15) is 22.9 Å². The molecule has 0 radical (unpaired) electrons. The molecule has 0 bridgehead atoms. The molecule has 1 aromatic heterocycles. The van der Waals surface area contributed by atoms with Crippen molar-refractivity contribution in [3.8, 4) is 5.75 Å². The molecule has 2 aromatic rings. The highest BCUT2D eigenvalue weighted by molar-refractivity contribution is 5.78. The Bertz CT molecular complexity index is 588. The molecule has 0 unspecified atom stereocenters. The monoisotopic (exact) mass is 274 g/mol. The molecule has 5 heteroatoms. The zero-order valence-corrected chi connectivity index (χ0v) is 11.9. The van der Waals surface area contributed by atoms with Crippen LogP contribution >= 0.6 is 0 Å². The maximum Gasteiger partial charge on any atom is 0.227 e. The largest absolute Gasteiger partial charge is 0.497 e. The minimum Gasteiger partial charge on any atom is -0.497 e. The number of aryl methyl sites for hydroxylation is 2. The van der Waals surface area contributed by atoms with Crippen molar-refractivity contribution in [3.05, 3.63) is 47.2 Å². The number of carbonyl (C=O) groups is 1. The molecule has 0 aliphatic heterocycles. The normalized spacial score (nSPS) is 10.3. The van der Waals surface area contributed by atoms with Gasteiger partial charge >= 0.3 is 0 Å². The summed E-state index contributed by atoms with van der Waals surface area (Å²) in [7, 11) is 1.62. The lowest BCUT2D eigenvalue weighted by atomic mass is 10.2. The Morgan fingerprint density at radius 1 is 1.30 bits per heavy atom. The van der Waals surface area contributed by atoms with Gasteiger partial charge in [0.2, 0.25) is 5.91 Å². The molecule has 0 atom stereocenters. The Hall–Kier alpha value is -2.30. The number of amides is 1. The number of aromatic nitrogens is 1. The number of hydrogen-bond acceptors (Lipinski definition) is 4. The van der Waals surface area contributed by atoms with Crippen molar-refractivity contribution >= 4 is 5.91 Å². The minimum absolute atomic E-state index is 0.0833. The summed E-state index contributed by atoms with van der Waals surface area (Å²) in [6.07, 6.45) is 0.211. The van der Waals surface area contributed by atoms with Crippen LogP contribution < -0.4 is 10.1 Å². The van der Waals surface area contributed by atoms with E-state index in [2.05, 4.69) is 10.3 Å². The van der Waals surface area contributed by atoms with Crippen molar-refractivity contribution < 1.29 is 13.9 Å². The van der Waals surface area contributed by atoms with E-state index in [9.17, 15) is 4.79 Å². The Labute approximate surface area is 118 Å². The summed E-state index contributed by atoms with van der Waals surface area (Å²) < 4.78 is 10.5. The SMILES string of the molecule is COc1ccc(CNC(=O)Cc2oc(C)nc2C)cc1. The van der Waals surface area contributed by atoms with Crippen molar-refractivity contribution in [2.45, 2.75) is 26.8 Å². The van der Waals surface area contributed by atoms with Gasteiger partial charge in [0.15, 0.2) is 5.89 Å². The van der Waals surface area contributed by atoms with E-state index in [-0.39, 0.29) is 12.3 Å². The van der Waals surface area contributed by atoms with E-state index in [1.54, 1.807) is 14.0 Å². The van der Waals surface area contributed by atoms with Gasteiger partial charge in [0.25, 0.3) is 0 Å². The van der Waals surface area contributed by atoms with Gasteiger partial charge in [-0.25, -0.2) is 4.98 Å². The van der Waals surface area contributed by atoms with Crippen LogP contribution in [0.3, 0.4) is 0 Å². The quantitative estimate of drug-likeness (QED) is 0.907. The number of ether oxygens (including phenoxy) is 1. The second kappa shape index (κ2) is 6.23. The topological polar surface area (TPSA) is 64.4 Å². The first-order valence-corrected chi connectivity index (χ1v) is 6.41. The van der Waals surface area contributed by atoms with E-state index in [0.29, 0.717) is 18.2 Å². The number of carbonyl (C=O) groups excluding carboxylic acids is 1. The zero-order chi connectivity index (χ0) is 14.5. The highest BCUT2D eigenvalue weighted by atomic mass is 16.5. The van der Waals surface area contributed by atoms with Crippen molar-refractivity contribution in [2.24, 2.45) is 0 Å². The van der Waals surface area contributed by atoms with Crippen molar-refractivity contribution in [3.63, 3.8) is 0 Å². The molecule has 5 nitrogen and oxygen atoms in total. The van der Waals surface area contributed by atoms with Crippen molar-refractivity contribution in [1.29, 1.82) is 0 Å². The average Bonchev–Trinajstić information content (AvgIpc) is 2.75. The molecule has 0 aliphatic rings. The smallest absolute Gasteiger partial charge is 0.227 e. The lowest BCUT2D eigenvalue weighted by Gasteiger charge is -2.05. The van der Waals surface area contributed by atoms with Gasteiger partial charge in [0.05, 0.1) is 19.2 Å².